The molecule has 40 heavy (non-hydrogen) atoms. The van der Waals surface area contributed by atoms with Crippen molar-refractivity contribution in [2.24, 2.45) is 4.99 Å². The van der Waals surface area contributed by atoms with Gasteiger partial charge in [-0.1, -0.05) is 67.1 Å². The molecule has 0 radical (unpaired) electrons. The first kappa shape index (κ1) is 30.4. The normalized spacial score (nSPS) is 13.1. The average Bonchev–Trinajstić information content (AvgIpc) is 3.27. The highest BCUT2D eigenvalue weighted by Gasteiger charge is 2.29. The Morgan fingerprint density at radius 2 is 1.57 bits per heavy atom. The van der Waals surface area contributed by atoms with E-state index < -0.39 is 16.7 Å². The second-order valence-electron chi connectivity index (χ2n) is 8.68. The van der Waals surface area contributed by atoms with E-state index in [4.69, 9.17) is 34.0 Å². The number of aromatic nitrogens is 3. The maximum absolute atomic E-state index is 12.5. The molecule has 0 spiro atoms. The van der Waals surface area contributed by atoms with Crippen molar-refractivity contribution in [3.05, 3.63) is 107 Å². The van der Waals surface area contributed by atoms with Crippen LogP contribution in [0.1, 0.15) is 55.0 Å². The zero-order valence-electron chi connectivity index (χ0n) is 22.3. The molecule has 0 unspecified atom stereocenters. The molecule has 5 rings (SSSR count). The lowest BCUT2D eigenvalue weighted by Gasteiger charge is -2.14. The zero-order valence-corrected chi connectivity index (χ0v) is 23.9. The fourth-order valence-corrected chi connectivity index (χ4v) is 4.28. The van der Waals surface area contributed by atoms with Gasteiger partial charge in [0.05, 0.1) is 18.5 Å². The number of fused-ring (bicyclic) bond motifs is 3. The van der Waals surface area contributed by atoms with Gasteiger partial charge in [0, 0.05) is 29.0 Å². The Labute approximate surface area is 239 Å². The number of halogens is 1. The van der Waals surface area contributed by atoms with Crippen LogP contribution in [0.4, 0.5) is 0 Å². The van der Waals surface area contributed by atoms with E-state index in [1.807, 2.05) is 97.3 Å². The lowest BCUT2D eigenvalue weighted by Crippen LogP contribution is -2.11. The number of nitrogens with zero attached hydrogens (tertiary/aromatic N) is 4. The molecule has 0 saturated carbocycles. The highest BCUT2D eigenvalue weighted by Crippen LogP contribution is 2.34. The summed E-state index contributed by atoms with van der Waals surface area (Å²) in [5.41, 5.74) is 3.50. The van der Waals surface area contributed by atoms with Crippen LogP contribution in [0.3, 0.4) is 0 Å². The molecular formula is C29H29ClN4O5S. The number of methoxy groups -OCH3 is 1. The van der Waals surface area contributed by atoms with Crippen LogP contribution in [-0.2, 0) is 15.4 Å². The Kier molecular flexibility index (Phi) is 11.3. The van der Waals surface area contributed by atoms with Crippen molar-refractivity contribution < 1.29 is 22.2 Å². The van der Waals surface area contributed by atoms with Gasteiger partial charge in [0.15, 0.2) is 5.82 Å². The summed E-state index contributed by atoms with van der Waals surface area (Å²) in [5.74, 6) is 2.31. The van der Waals surface area contributed by atoms with Crippen molar-refractivity contribution >= 4 is 33.7 Å². The Bertz CT molecular complexity index is 1540. The summed E-state index contributed by atoms with van der Waals surface area (Å²) >= 11 is 6.11. The van der Waals surface area contributed by atoms with Gasteiger partial charge in [-0.3, -0.25) is 14.4 Å². The van der Waals surface area contributed by atoms with Gasteiger partial charge in [-0.25, -0.2) is 0 Å². The molecule has 1 aromatic heterocycles. The molecule has 0 saturated heterocycles. The SMILES string of the molecule is CCCC(=O)C[C@@H]1N=C(c2ccc(Cl)cc2)c2cc(OC)ccc2-n2c(C)nnc21.O=S(=O)=O.c1ccccc1. The second kappa shape index (κ2) is 14.9. The molecule has 208 valence electrons. The van der Waals surface area contributed by atoms with Crippen LogP contribution in [0, 0.1) is 6.92 Å². The summed E-state index contributed by atoms with van der Waals surface area (Å²) in [7, 11) is -1.47. The van der Waals surface area contributed by atoms with Crippen LogP contribution < -0.4 is 4.74 Å². The lowest BCUT2D eigenvalue weighted by molar-refractivity contribution is -0.119. The third-order valence-electron chi connectivity index (χ3n) is 5.87. The summed E-state index contributed by atoms with van der Waals surface area (Å²) in [4.78, 5) is 17.6. The highest BCUT2D eigenvalue weighted by molar-refractivity contribution is 7.59. The highest BCUT2D eigenvalue weighted by atomic mass is 35.5. The number of hydrogen-bond acceptors (Lipinski definition) is 8. The number of aliphatic imine (C=N–C) groups is 1. The average molecular weight is 581 g/mol. The Balaban J connectivity index is 0.000000374. The van der Waals surface area contributed by atoms with Crippen LogP contribution in [0.2, 0.25) is 5.02 Å². The van der Waals surface area contributed by atoms with E-state index in [1.165, 1.54) is 0 Å². The first-order valence-corrected chi connectivity index (χ1v) is 13.9. The minimum absolute atomic E-state index is 0.164. The van der Waals surface area contributed by atoms with Gasteiger partial charge in [0.1, 0.15) is 23.4 Å². The van der Waals surface area contributed by atoms with Crippen LogP contribution >= 0.6 is 11.6 Å². The maximum Gasteiger partial charge on any atom is 0.425 e. The minimum Gasteiger partial charge on any atom is -0.497 e. The number of hydrogen-bond donors (Lipinski definition) is 0. The summed E-state index contributed by atoms with van der Waals surface area (Å²) in [6, 6.07) is 25.0. The van der Waals surface area contributed by atoms with Gasteiger partial charge in [0.2, 0.25) is 0 Å². The van der Waals surface area contributed by atoms with Crippen molar-refractivity contribution in [3.8, 4) is 11.4 Å². The molecule has 1 atom stereocenters. The van der Waals surface area contributed by atoms with Crippen molar-refractivity contribution in [3.63, 3.8) is 0 Å². The molecule has 11 heteroatoms. The zero-order chi connectivity index (χ0) is 29.1. The van der Waals surface area contributed by atoms with Crippen molar-refractivity contribution in [1.82, 2.24) is 14.8 Å². The molecular weight excluding hydrogens is 552 g/mol. The summed E-state index contributed by atoms with van der Waals surface area (Å²) in [6.45, 7) is 3.91. The van der Waals surface area contributed by atoms with Gasteiger partial charge in [0.25, 0.3) is 0 Å². The number of ether oxygens (including phenoxy) is 1. The Hall–Kier alpha value is -4.15. The van der Waals surface area contributed by atoms with E-state index in [2.05, 4.69) is 10.2 Å². The Morgan fingerprint density at radius 1 is 0.975 bits per heavy atom. The number of carbonyl (C=O) groups is 1. The third-order valence-corrected chi connectivity index (χ3v) is 6.12. The molecule has 1 aliphatic rings. The van der Waals surface area contributed by atoms with E-state index in [0.29, 0.717) is 17.3 Å². The summed E-state index contributed by atoms with van der Waals surface area (Å²) in [6.07, 6.45) is 1.62. The van der Waals surface area contributed by atoms with Crippen LogP contribution in [0.25, 0.3) is 5.69 Å². The molecule has 0 aliphatic carbocycles. The van der Waals surface area contributed by atoms with Gasteiger partial charge in [-0.2, -0.15) is 0 Å². The number of carbonyl (C=O) groups excluding carboxylic acids is 1. The molecule has 0 bridgehead atoms. The monoisotopic (exact) mass is 580 g/mol. The van der Waals surface area contributed by atoms with Gasteiger partial charge < -0.3 is 4.74 Å². The van der Waals surface area contributed by atoms with Gasteiger partial charge >= 0.3 is 10.6 Å². The smallest absolute Gasteiger partial charge is 0.425 e. The molecule has 0 N–H and O–H groups in total. The topological polar surface area (TPSA) is 121 Å². The lowest BCUT2D eigenvalue weighted by atomic mass is 9.99. The van der Waals surface area contributed by atoms with Crippen LogP contribution in [-0.4, -0.2) is 46.0 Å². The number of Topliss-reactive ketones (excluding diaryl/α,β-unsaturated/α-hetero) is 1. The maximum atomic E-state index is 12.5. The predicted octanol–water partition coefficient (Wildman–Crippen LogP) is 5.57. The van der Waals surface area contributed by atoms with E-state index in [0.717, 1.165) is 40.5 Å². The quantitative estimate of drug-likeness (QED) is 0.292. The molecule has 0 fully saturated rings. The van der Waals surface area contributed by atoms with Crippen LogP contribution in [0.15, 0.2) is 83.9 Å². The number of ketones is 1. The standard InChI is InChI=1S/C23H23ClN4O2.C6H6.O3S/c1-4-5-17(29)12-20-23-27-26-14(2)28(23)21-11-10-18(30-3)13-19(21)22(25-20)15-6-8-16(24)9-7-15;1-2-4-6-5-3-1;1-4(2)3/h6-11,13,20H,4-5,12H2,1-3H3;1-6H;/t20-;;/m0../s1. The fourth-order valence-electron chi connectivity index (χ4n) is 4.16. The van der Waals surface area contributed by atoms with Crippen molar-refractivity contribution in [2.75, 3.05) is 7.11 Å². The van der Waals surface area contributed by atoms with E-state index >= 15 is 0 Å². The molecule has 2 heterocycles. The molecule has 0 amide bonds. The summed E-state index contributed by atoms with van der Waals surface area (Å²) < 4.78 is 32.8. The number of rotatable bonds is 6. The van der Waals surface area contributed by atoms with E-state index in [1.54, 1.807) is 7.11 Å². The third kappa shape index (κ3) is 8.17. The first-order valence-electron chi connectivity index (χ1n) is 12.5. The summed E-state index contributed by atoms with van der Waals surface area (Å²) in [5, 5.41) is 9.33. The molecule has 9 nitrogen and oxygen atoms in total. The minimum atomic E-state index is -3.11. The van der Waals surface area contributed by atoms with Gasteiger partial charge in [-0.15, -0.1) is 22.8 Å². The molecule has 1 aliphatic heterocycles. The van der Waals surface area contributed by atoms with E-state index in [9.17, 15) is 4.79 Å². The number of benzene rings is 3. The number of aryl methyl sites for hydroxylation is 1. The largest absolute Gasteiger partial charge is 0.497 e. The van der Waals surface area contributed by atoms with Crippen LogP contribution in [0.5, 0.6) is 5.75 Å². The fraction of sp³-hybridized carbons (Fsp3) is 0.241. The predicted molar refractivity (Wildman–Crippen MR) is 153 cm³/mol. The van der Waals surface area contributed by atoms with Gasteiger partial charge in [-0.05, 0) is 43.7 Å². The van der Waals surface area contributed by atoms with E-state index in [-0.39, 0.29) is 12.2 Å². The van der Waals surface area contributed by atoms with Crippen molar-refractivity contribution in [2.45, 2.75) is 39.2 Å². The van der Waals surface area contributed by atoms with Crippen molar-refractivity contribution in [1.29, 1.82) is 0 Å². The second-order valence-corrected chi connectivity index (χ2v) is 9.52. The Morgan fingerprint density at radius 3 is 2.12 bits per heavy atom. The molecule has 4 aromatic rings. The first-order chi connectivity index (χ1) is 19.2. The molecule has 3 aromatic carbocycles.